The van der Waals surface area contributed by atoms with Gasteiger partial charge < -0.3 is 10.3 Å². The van der Waals surface area contributed by atoms with Crippen molar-refractivity contribution in [1.82, 2.24) is 15.0 Å². The van der Waals surface area contributed by atoms with Crippen LogP contribution in [0, 0.1) is 0 Å². The number of aryl methyl sites for hydroxylation is 1. The highest BCUT2D eigenvalue weighted by molar-refractivity contribution is 5.51. The number of benzene rings is 1. The zero-order chi connectivity index (χ0) is 13.2. The molecule has 5 nitrogen and oxygen atoms in total. The van der Waals surface area contributed by atoms with Gasteiger partial charge in [0.2, 0.25) is 5.89 Å². The third-order valence-electron chi connectivity index (χ3n) is 3.57. The van der Waals surface area contributed by atoms with Crippen LogP contribution in [0.4, 0.5) is 5.69 Å². The third kappa shape index (κ3) is 2.46. The number of fused-ring (bicyclic) bond motifs is 1. The molecule has 0 bridgehead atoms. The van der Waals surface area contributed by atoms with Crippen LogP contribution in [0.1, 0.15) is 29.8 Å². The second-order valence-electron chi connectivity index (χ2n) is 4.90. The molecule has 0 atom stereocenters. The second-order valence-corrected chi connectivity index (χ2v) is 4.90. The SMILES string of the molecule is CCc1noc(CN2CCc3c(N)cccc3C2)n1. The van der Waals surface area contributed by atoms with E-state index in [0.717, 1.165) is 37.4 Å². The van der Waals surface area contributed by atoms with Gasteiger partial charge in [-0.1, -0.05) is 24.2 Å². The number of hydrogen-bond donors (Lipinski definition) is 1. The summed E-state index contributed by atoms with van der Waals surface area (Å²) in [5.74, 6) is 1.47. The van der Waals surface area contributed by atoms with Crippen LogP contribution < -0.4 is 5.73 Å². The second kappa shape index (κ2) is 5.01. The quantitative estimate of drug-likeness (QED) is 0.850. The average Bonchev–Trinajstić information content (AvgIpc) is 2.86. The van der Waals surface area contributed by atoms with Crippen molar-refractivity contribution >= 4 is 5.69 Å². The van der Waals surface area contributed by atoms with E-state index in [0.29, 0.717) is 12.4 Å². The topological polar surface area (TPSA) is 68.2 Å². The van der Waals surface area contributed by atoms with E-state index in [1.54, 1.807) is 0 Å². The number of rotatable bonds is 3. The van der Waals surface area contributed by atoms with Crippen molar-refractivity contribution in [2.45, 2.75) is 32.9 Å². The van der Waals surface area contributed by atoms with Crippen molar-refractivity contribution < 1.29 is 4.52 Å². The van der Waals surface area contributed by atoms with E-state index < -0.39 is 0 Å². The maximum atomic E-state index is 6.00. The van der Waals surface area contributed by atoms with Crippen molar-refractivity contribution in [2.24, 2.45) is 0 Å². The lowest BCUT2D eigenvalue weighted by atomic mass is 9.98. The summed E-state index contributed by atoms with van der Waals surface area (Å²) in [6, 6.07) is 6.13. The maximum Gasteiger partial charge on any atom is 0.240 e. The molecular weight excluding hydrogens is 240 g/mol. The van der Waals surface area contributed by atoms with E-state index in [1.165, 1.54) is 11.1 Å². The first kappa shape index (κ1) is 12.2. The predicted molar refractivity (Wildman–Crippen MR) is 72.3 cm³/mol. The third-order valence-corrected chi connectivity index (χ3v) is 3.57. The molecule has 0 aliphatic carbocycles. The van der Waals surface area contributed by atoms with E-state index in [9.17, 15) is 0 Å². The van der Waals surface area contributed by atoms with Crippen LogP contribution in [-0.2, 0) is 25.9 Å². The summed E-state index contributed by atoms with van der Waals surface area (Å²) < 4.78 is 5.24. The summed E-state index contributed by atoms with van der Waals surface area (Å²) in [6.45, 7) is 4.60. The van der Waals surface area contributed by atoms with Crippen molar-refractivity contribution in [3.8, 4) is 0 Å². The summed E-state index contributed by atoms with van der Waals surface area (Å²) in [5, 5.41) is 3.93. The van der Waals surface area contributed by atoms with Gasteiger partial charge in [-0.25, -0.2) is 0 Å². The van der Waals surface area contributed by atoms with Gasteiger partial charge in [-0.05, 0) is 23.6 Å². The van der Waals surface area contributed by atoms with E-state index in [4.69, 9.17) is 10.3 Å². The number of nitrogens with zero attached hydrogens (tertiary/aromatic N) is 3. The van der Waals surface area contributed by atoms with Gasteiger partial charge in [-0.2, -0.15) is 4.98 Å². The molecular formula is C14H18N4O. The zero-order valence-corrected chi connectivity index (χ0v) is 11.1. The lowest BCUT2D eigenvalue weighted by Crippen LogP contribution is -2.30. The summed E-state index contributed by atoms with van der Waals surface area (Å²) in [4.78, 5) is 6.67. The molecule has 100 valence electrons. The van der Waals surface area contributed by atoms with Gasteiger partial charge in [0.1, 0.15) is 0 Å². The number of hydrogen-bond acceptors (Lipinski definition) is 5. The van der Waals surface area contributed by atoms with Crippen molar-refractivity contribution in [2.75, 3.05) is 12.3 Å². The molecule has 19 heavy (non-hydrogen) atoms. The maximum absolute atomic E-state index is 6.00. The summed E-state index contributed by atoms with van der Waals surface area (Å²) in [5.41, 5.74) is 9.50. The van der Waals surface area contributed by atoms with Gasteiger partial charge in [-0.15, -0.1) is 0 Å². The Morgan fingerprint density at radius 3 is 3.11 bits per heavy atom. The Balaban J connectivity index is 1.72. The van der Waals surface area contributed by atoms with E-state index in [-0.39, 0.29) is 0 Å². The molecule has 2 aromatic rings. The van der Waals surface area contributed by atoms with Crippen LogP contribution in [-0.4, -0.2) is 21.6 Å². The number of aromatic nitrogens is 2. The Morgan fingerprint density at radius 2 is 2.32 bits per heavy atom. The van der Waals surface area contributed by atoms with Crippen LogP contribution in [0.3, 0.4) is 0 Å². The molecule has 1 aromatic carbocycles. The van der Waals surface area contributed by atoms with Gasteiger partial charge in [0.05, 0.1) is 6.54 Å². The average molecular weight is 258 g/mol. The fourth-order valence-corrected chi connectivity index (χ4v) is 2.52. The standard InChI is InChI=1S/C14H18N4O/c1-2-13-16-14(19-17-13)9-18-7-6-11-10(8-18)4-3-5-12(11)15/h3-5H,2,6-9,15H2,1H3. The first-order valence-electron chi connectivity index (χ1n) is 6.66. The van der Waals surface area contributed by atoms with E-state index in [1.807, 2.05) is 19.1 Å². The van der Waals surface area contributed by atoms with Gasteiger partial charge >= 0.3 is 0 Å². The highest BCUT2D eigenvalue weighted by Gasteiger charge is 2.19. The fraction of sp³-hybridized carbons (Fsp3) is 0.429. The van der Waals surface area contributed by atoms with Gasteiger partial charge in [0.25, 0.3) is 0 Å². The smallest absolute Gasteiger partial charge is 0.240 e. The number of nitrogen functional groups attached to an aromatic ring is 1. The van der Waals surface area contributed by atoms with Crippen LogP contribution in [0.5, 0.6) is 0 Å². The van der Waals surface area contributed by atoms with Gasteiger partial charge in [-0.3, -0.25) is 4.90 Å². The highest BCUT2D eigenvalue weighted by Crippen LogP contribution is 2.24. The first-order chi connectivity index (χ1) is 9.26. The molecule has 5 heteroatoms. The lowest BCUT2D eigenvalue weighted by molar-refractivity contribution is 0.210. The van der Waals surface area contributed by atoms with Crippen molar-refractivity contribution in [1.29, 1.82) is 0 Å². The van der Waals surface area contributed by atoms with Gasteiger partial charge in [0, 0.05) is 25.2 Å². The molecule has 1 aliphatic heterocycles. The van der Waals surface area contributed by atoms with E-state index >= 15 is 0 Å². The van der Waals surface area contributed by atoms with Crippen LogP contribution in [0.25, 0.3) is 0 Å². The molecule has 0 fully saturated rings. The number of anilines is 1. The normalized spacial score (nSPS) is 15.4. The molecule has 2 heterocycles. The molecule has 0 spiro atoms. The zero-order valence-electron chi connectivity index (χ0n) is 11.1. The minimum atomic E-state index is 0.698. The monoisotopic (exact) mass is 258 g/mol. The molecule has 1 aromatic heterocycles. The fourth-order valence-electron chi connectivity index (χ4n) is 2.52. The number of nitrogens with two attached hydrogens (primary N) is 1. The molecule has 0 saturated heterocycles. The Labute approximate surface area is 112 Å². The highest BCUT2D eigenvalue weighted by atomic mass is 16.5. The summed E-state index contributed by atoms with van der Waals surface area (Å²) in [7, 11) is 0. The van der Waals surface area contributed by atoms with Gasteiger partial charge in [0.15, 0.2) is 5.82 Å². The lowest BCUT2D eigenvalue weighted by Gasteiger charge is -2.28. The van der Waals surface area contributed by atoms with Crippen molar-refractivity contribution in [3.63, 3.8) is 0 Å². The Kier molecular flexibility index (Phi) is 3.21. The van der Waals surface area contributed by atoms with Crippen molar-refractivity contribution in [3.05, 3.63) is 41.0 Å². The largest absolute Gasteiger partial charge is 0.398 e. The molecule has 2 N–H and O–H groups in total. The minimum absolute atomic E-state index is 0.698. The molecule has 1 aliphatic rings. The minimum Gasteiger partial charge on any atom is -0.398 e. The van der Waals surface area contributed by atoms with E-state index in [2.05, 4.69) is 21.1 Å². The summed E-state index contributed by atoms with van der Waals surface area (Å²) in [6.07, 6.45) is 1.79. The Morgan fingerprint density at radius 1 is 1.42 bits per heavy atom. The van der Waals surface area contributed by atoms with Crippen LogP contribution >= 0.6 is 0 Å². The molecule has 0 unspecified atom stereocenters. The van der Waals surface area contributed by atoms with Crippen LogP contribution in [0.2, 0.25) is 0 Å². The predicted octanol–water partition coefficient (Wildman–Crippen LogP) is 1.77. The Hall–Kier alpha value is -1.88. The molecule has 0 saturated carbocycles. The molecule has 3 rings (SSSR count). The van der Waals surface area contributed by atoms with Crippen LogP contribution in [0.15, 0.2) is 22.7 Å². The Bertz CT molecular complexity index is 579. The molecule has 0 radical (unpaired) electrons. The first-order valence-corrected chi connectivity index (χ1v) is 6.66. The summed E-state index contributed by atoms with van der Waals surface area (Å²) >= 11 is 0. The molecule has 0 amide bonds.